The van der Waals surface area contributed by atoms with Crippen LogP contribution in [0.5, 0.6) is 0 Å². The molecule has 1 fully saturated rings. The second-order valence-corrected chi connectivity index (χ2v) is 6.02. The summed E-state index contributed by atoms with van der Waals surface area (Å²) in [5, 5.41) is 15.3. The van der Waals surface area contributed by atoms with Crippen molar-refractivity contribution in [3.63, 3.8) is 0 Å². The summed E-state index contributed by atoms with van der Waals surface area (Å²) in [6.45, 7) is 1.88. The van der Waals surface area contributed by atoms with Crippen molar-refractivity contribution in [2.75, 3.05) is 18.0 Å². The van der Waals surface area contributed by atoms with Crippen molar-refractivity contribution in [1.29, 1.82) is 0 Å². The number of nitrogens with two attached hydrogens (primary N) is 1. The highest BCUT2D eigenvalue weighted by Crippen LogP contribution is 2.32. The number of anilines is 1. The molecule has 1 saturated heterocycles. The fourth-order valence-corrected chi connectivity index (χ4v) is 2.59. The van der Waals surface area contributed by atoms with Gasteiger partial charge in [0.2, 0.25) is 15.8 Å². The first-order valence-corrected chi connectivity index (χ1v) is 6.78. The smallest absolute Gasteiger partial charge is 0.314 e. The minimum atomic E-state index is -3.59. The predicted molar refractivity (Wildman–Crippen MR) is 64.7 cm³/mol. The molecule has 1 aromatic rings. The molecule has 0 spiro atoms. The molecule has 9 heteroatoms. The molecule has 1 aliphatic heterocycles. The molecule has 18 heavy (non-hydrogen) atoms. The van der Waals surface area contributed by atoms with Crippen LogP contribution in [0.4, 0.5) is 11.5 Å². The number of hydrogen-bond donors (Lipinski definition) is 1. The molecule has 2 rings (SSSR count). The molecule has 1 aliphatic rings. The fraction of sp³-hybridized carbons (Fsp3) is 0.444. The largest absolute Gasteiger partial charge is 0.348 e. The third kappa shape index (κ3) is 2.14. The number of primary sulfonamides is 1. The predicted octanol–water partition coefficient (Wildman–Crippen LogP) is -0.225. The number of nitrogens with zero attached hydrogens (tertiary/aromatic N) is 3. The van der Waals surface area contributed by atoms with Crippen LogP contribution in [0.25, 0.3) is 0 Å². The maximum absolute atomic E-state index is 11.1. The lowest BCUT2D eigenvalue weighted by Gasteiger charge is -2.38. The van der Waals surface area contributed by atoms with E-state index in [9.17, 15) is 18.5 Å². The summed E-state index contributed by atoms with van der Waals surface area (Å²) in [6.07, 6.45) is 1.46. The lowest BCUT2D eigenvalue weighted by Crippen LogP contribution is -2.57. The van der Waals surface area contributed by atoms with Gasteiger partial charge in [0, 0.05) is 24.8 Å². The van der Waals surface area contributed by atoms with Gasteiger partial charge in [-0.2, -0.15) is 0 Å². The van der Waals surface area contributed by atoms with Crippen molar-refractivity contribution in [3.05, 3.63) is 27.9 Å². The minimum absolute atomic E-state index is 0.0923. The molecule has 0 saturated carbocycles. The molecule has 0 atom stereocenters. The molecular formula is C9H12N4O4S. The first kappa shape index (κ1) is 12.7. The zero-order chi connectivity index (χ0) is 13.5. The Labute approximate surface area is 104 Å². The van der Waals surface area contributed by atoms with E-state index in [0.717, 1.165) is 0 Å². The Kier molecular flexibility index (Phi) is 2.95. The van der Waals surface area contributed by atoms with E-state index in [4.69, 9.17) is 5.14 Å². The molecule has 0 bridgehead atoms. The van der Waals surface area contributed by atoms with Gasteiger partial charge in [0.15, 0.2) is 0 Å². The molecule has 0 aromatic carbocycles. The molecule has 0 unspecified atom stereocenters. The highest BCUT2D eigenvalue weighted by Gasteiger charge is 2.39. The van der Waals surface area contributed by atoms with E-state index in [1.54, 1.807) is 17.9 Å². The van der Waals surface area contributed by atoms with Gasteiger partial charge in [-0.25, -0.2) is 18.5 Å². The van der Waals surface area contributed by atoms with Gasteiger partial charge in [-0.3, -0.25) is 10.1 Å². The van der Waals surface area contributed by atoms with Crippen molar-refractivity contribution < 1.29 is 13.3 Å². The Morgan fingerprint density at radius 3 is 2.67 bits per heavy atom. The second kappa shape index (κ2) is 4.18. The first-order valence-electron chi connectivity index (χ1n) is 5.17. The maximum atomic E-state index is 11.1. The summed E-state index contributed by atoms with van der Waals surface area (Å²) in [5.41, 5.74) is 0.398. The number of nitro groups is 1. The zero-order valence-electron chi connectivity index (χ0n) is 9.61. The lowest BCUT2D eigenvalue weighted by molar-refractivity contribution is -0.384. The van der Waals surface area contributed by atoms with Crippen molar-refractivity contribution in [2.24, 2.45) is 5.14 Å². The van der Waals surface area contributed by atoms with Crippen LogP contribution in [0.15, 0.2) is 12.3 Å². The van der Waals surface area contributed by atoms with Gasteiger partial charge in [0.25, 0.3) is 0 Å². The van der Waals surface area contributed by atoms with Crippen molar-refractivity contribution in [1.82, 2.24) is 4.98 Å². The van der Waals surface area contributed by atoms with Crippen LogP contribution in [-0.2, 0) is 10.0 Å². The number of aromatic nitrogens is 1. The summed E-state index contributed by atoms with van der Waals surface area (Å²) in [6, 6.07) is 1.54. The molecule has 2 heterocycles. The molecule has 1 aromatic heterocycles. The molecule has 0 radical (unpaired) electrons. The zero-order valence-corrected chi connectivity index (χ0v) is 10.4. The Bertz CT molecular complexity index is 595. The average Bonchev–Trinajstić information content (AvgIpc) is 2.11. The Balaban J connectivity index is 2.28. The number of pyridine rings is 1. The third-order valence-electron chi connectivity index (χ3n) is 2.90. The average molecular weight is 272 g/mol. The van der Waals surface area contributed by atoms with Crippen LogP contribution in [-0.4, -0.2) is 36.7 Å². The van der Waals surface area contributed by atoms with Crippen LogP contribution in [0.3, 0.4) is 0 Å². The van der Waals surface area contributed by atoms with Crippen molar-refractivity contribution in [3.8, 4) is 0 Å². The second-order valence-electron chi connectivity index (χ2n) is 4.17. The monoisotopic (exact) mass is 272 g/mol. The third-order valence-corrected chi connectivity index (χ3v) is 4.13. The summed E-state index contributed by atoms with van der Waals surface area (Å²) < 4.78 is 22.1. The van der Waals surface area contributed by atoms with Gasteiger partial charge in [0.1, 0.15) is 5.25 Å². The molecule has 0 amide bonds. The van der Waals surface area contributed by atoms with Crippen molar-refractivity contribution in [2.45, 2.75) is 12.2 Å². The van der Waals surface area contributed by atoms with Gasteiger partial charge in [-0.1, -0.05) is 0 Å². The Morgan fingerprint density at radius 1 is 1.56 bits per heavy atom. The van der Waals surface area contributed by atoms with Crippen LogP contribution in [0.1, 0.15) is 5.56 Å². The first-order chi connectivity index (χ1) is 8.30. The van der Waals surface area contributed by atoms with Crippen LogP contribution in [0, 0.1) is 17.0 Å². The van der Waals surface area contributed by atoms with E-state index >= 15 is 0 Å². The summed E-state index contributed by atoms with van der Waals surface area (Å²) in [4.78, 5) is 15.9. The highest BCUT2D eigenvalue weighted by atomic mass is 32.2. The van der Waals surface area contributed by atoms with E-state index in [2.05, 4.69) is 4.98 Å². The Morgan fingerprint density at radius 2 is 2.17 bits per heavy atom. The van der Waals surface area contributed by atoms with E-state index < -0.39 is 20.2 Å². The minimum Gasteiger partial charge on any atom is -0.348 e. The molecule has 8 nitrogen and oxygen atoms in total. The number of hydrogen-bond acceptors (Lipinski definition) is 6. The fourth-order valence-electron chi connectivity index (χ4n) is 1.81. The Hall–Kier alpha value is -1.74. The van der Waals surface area contributed by atoms with E-state index in [0.29, 0.717) is 5.56 Å². The van der Waals surface area contributed by atoms with Crippen LogP contribution >= 0.6 is 0 Å². The lowest BCUT2D eigenvalue weighted by atomic mass is 10.1. The van der Waals surface area contributed by atoms with Gasteiger partial charge < -0.3 is 4.90 Å². The summed E-state index contributed by atoms with van der Waals surface area (Å²) in [5.74, 6) is 0.194. The van der Waals surface area contributed by atoms with Gasteiger partial charge in [-0.15, -0.1) is 0 Å². The molecule has 98 valence electrons. The maximum Gasteiger partial charge on any atom is 0.314 e. The quantitative estimate of drug-likeness (QED) is 0.599. The normalized spacial score (nSPS) is 16.4. The van der Waals surface area contributed by atoms with Gasteiger partial charge >= 0.3 is 5.69 Å². The van der Waals surface area contributed by atoms with E-state index in [-0.39, 0.29) is 24.6 Å². The standard InChI is InChI=1S/C9H12N4O4S/c1-6-2-3-11-9(8(6)13(14)15)12-4-7(5-12)18(10,16)17/h2-3,7H,4-5H2,1H3,(H2,10,16,17). The van der Waals surface area contributed by atoms with Gasteiger partial charge in [-0.05, 0) is 13.0 Å². The molecule has 2 N–H and O–H groups in total. The summed E-state index contributed by atoms with van der Waals surface area (Å²) >= 11 is 0. The summed E-state index contributed by atoms with van der Waals surface area (Å²) in [7, 11) is -3.59. The van der Waals surface area contributed by atoms with E-state index in [1.165, 1.54) is 6.20 Å². The van der Waals surface area contributed by atoms with E-state index in [1.807, 2.05) is 0 Å². The number of rotatable bonds is 3. The number of sulfonamides is 1. The molecular weight excluding hydrogens is 260 g/mol. The van der Waals surface area contributed by atoms with Crippen LogP contribution in [0.2, 0.25) is 0 Å². The van der Waals surface area contributed by atoms with Gasteiger partial charge in [0.05, 0.1) is 4.92 Å². The molecule has 0 aliphatic carbocycles. The van der Waals surface area contributed by atoms with Crippen LogP contribution < -0.4 is 10.0 Å². The number of aryl methyl sites for hydroxylation is 1. The topological polar surface area (TPSA) is 119 Å². The van der Waals surface area contributed by atoms with Crippen molar-refractivity contribution >= 4 is 21.5 Å². The SMILES string of the molecule is Cc1ccnc(N2CC(S(N)(=O)=O)C2)c1[N+](=O)[O-]. The highest BCUT2D eigenvalue weighted by molar-refractivity contribution is 7.89.